The second-order valence-electron chi connectivity index (χ2n) is 1.04. The predicted molar refractivity (Wildman–Crippen MR) is 39.0 cm³/mol. The molecule has 0 bridgehead atoms. The molecule has 2 atom stereocenters. The van der Waals surface area contributed by atoms with E-state index >= 15 is 0 Å². The molecule has 0 heterocycles. The van der Waals surface area contributed by atoms with E-state index in [0.717, 1.165) is 0 Å². The van der Waals surface area contributed by atoms with Crippen LogP contribution in [0.4, 0.5) is 0 Å². The van der Waals surface area contributed by atoms with Crippen molar-refractivity contribution >= 4 is 47.4 Å². The van der Waals surface area contributed by atoms with Crippen molar-refractivity contribution in [1.82, 2.24) is 0 Å². The van der Waals surface area contributed by atoms with Gasteiger partial charge in [0.05, 0.1) is 10.1 Å². The van der Waals surface area contributed by atoms with Gasteiger partial charge in [0.15, 0.2) is 0 Å². The van der Waals surface area contributed by atoms with E-state index in [1.54, 1.807) is 0 Å². The fourth-order valence-electron chi connectivity index (χ4n) is 0.0735. The van der Waals surface area contributed by atoms with E-state index in [2.05, 4.69) is 12.6 Å². The van der Waals surface area contributed by atoms with Crippen LogP contribution in [0.25, 0.3) is 0 Å². The maximum absolute atomic E-state index is 5.46. The zero-order valence-electron chi connectivity index (χ0n) is 3.44. The van der Waals surface area contributed by atoms with E-state index in [1.165, 1.54) is 0 Å². The summed E-state index contributed by atoms with van der Waals surface area (Å²) in [5.41, 5.74) is 0. The number of alkyl halides is 3. The first kappa shape index (κ1) is 8.22. The van der Waals surface area contributed by atoms with Crippen molar-refractivity contribution in [2.24, 2.45) is 0 Å². The molecule has 0 aliphatic heterocycles. The Balaban J connectivity index is 3.14. The molecule has 0 amide bonds. The van der Waals surface area contributed by atoms with Gasteiger partial charge in [-0.3, -0.25) is 0 Å². The third kappa shape index (κ3) is 3.77. The van der Waals surface area contributed by atoms with Crippen molar-refractivity contribution in [3.63, 3.8) is 0 Å². The van der Waals surface area contributed by atoms with E-state index in [9.17, 15) is 0 Å². The smallest absolute Gasteiger partial charge is 0.0934 e. The van der Waals surface area contributed by atoms with E-state index in [-0.39, 0.29) is 10.1 Å². The highest BCUT2D eigenvalue weighted by molar-refractivity contribution is 7.82. The molecule has 0 spiro atoms. The monoisotopic (exact) mass is 178 g/mol. The fraction of sp³-hybridized carbons (Fsp3) is 1.00. The summed E-state index contributed by atoms with van der Waals surface area (Å²) in [5, 5.41) is -0.230. The summed E-state index contributed by atoms with van der Waals surface area (Å²) in [5.74, 6) is 0.346. The van der Waals surface area contributed by atoms with Crippen LogP contribution >= 0.6 is 47.4 Å². The Bertz CT molecular complexity index is 47.4. The molecule has 0 aromatic heterocycles. The lowest BCUT2D eigenvalue weighted by Crippen LogP contribution is -2.09. The van der Waals surface area contributed by atoms with Gasteiger partial charge >= 0.3 is 0 Å². The van der Waals surface area contributed by atoms with Crippen LogP contribution in [0.5, 0.6) is 0 Å². The number of hydrogen-bond donors (Lipinski definition) is 1. The quantitative estimate of drug-likeness (QED) is 0.488. The van der Waals surface area contributed by atoms with Gasteiger partial charge in [-0.2, -0.15) is 12.6 Å². The minimum atomic E-state index is -0.334. The van der Waals surface area contributed by atoms with Crippen LogP contribution in [0.2, 0.25) is 0 Å². The van der Waals surface area contributed by atoms with Crippen LogP contribution in [-0.4, -0.2) is 16.0 Å². The number of halogens is 3. The normalized spacial score (nSPS) is 18.9. The molecule has 2 unspecified atom stereocenters. The first-order valence-electron chi connectivity index (χ1n) is 1.70. The lowest BCUT2D eigenvalue weighted by molar-refractivity contribution is 1.07. The third-order valence-corrected chi connectivity index (χ3v) is 2.31. The molecule has 0 aromatic rings. The lowest BCUT2D eigenvalue weighted by Gasteiger charge is -2.03. The van der Waals surface area contributed by atoms with Gasteiger partial charge in [-0.05, 0) is 0 Å². The maximum atomic E-state index is 5.46. The summed E-state index contributed by atoms with van der Waals surface area (Å²) in [4.78, 5) is 0. The van der Waals surface area contributed by atoms with E-state index in [4.69, 9.17) is 34.8 Å². The van der Waals surface area contributed by atoms with Crippen LogP contribution < -0.4 is 0 Å². The average Bonchev–Trinajstić information content (AvgIpc) is 1.65. The topological polar surface area (TPSA) is 0 Å². The molecular formula is C3H5Cl3S. The zero-order chi connectivity index (χ0) is 5.86. The van der Waals surface area contributed by atoms with Crippen molar-refractivity contribution in [2.45, 2.75) is 10.1 Å². The molecule has 0 aliphatic rings. The van der Waals surface area contributed by atoms with Gasteiger partial charge in [0, 0.05) is 5.88 Å². The van der Waals surface area contributed by atoms with E-state index in [0.29, 0.717) is 5.88 Å². The van der Waals surface area contributed by atoms with Gasteiger partial charge in [-0.1, -0.05) is 0 Å². The molecular weight excluding hydrogens is 174 g/mol. The Labute approximate surface area is 63.5 Å². The molecule has 0 aromatic carbocycles. The van der Waals surface area contributed by atoms with Crippen LogP contribution in [0, 0.1) is 0 Å². The second-order valence-corrected chi connectivity index (χ2v) is 3.24. The Morgan fingerprint density at radius 3 is 1.86 bits per heavy atom. The summed E-state index contributed by atoms with van der Waals surface area (Å²) in [6, 6.07) is 0. The van der Waals surface area contributed by atoms with Gasteiger partial charge in [-0.15, -0.1) is 34.8 Å². The minimum absolute atomic E-state index is 0.230. The Hall–Kier alpha value is 1.22. The molecule has 0 N–H and O–H groups in total. The highest BCUT2D eigenvalue weighted by atomic mass is 35.5. The van der Waals surface area contributed by atoms with Gasteiger partial charge < -0.3 is 0 Å². The van der Waals surface area contributed by atoms with Crippen molar-refractivity contribution < 1.29 is 0 Å². The van der Waals surface area contributed by atoms with Gasteiger partial charge in [0.1, 0.15) is 0 Å². The predicted octanol–water partition coefficient (Wildman–Crippen LogP) is 2.33. The number of rotatable bonds is 2. The molecule has 0 radical (unpaired) electrons. The van der Waals surface area contributed by atoms with Crippen molar-refractivity contribution in [3.05, 3.63) is 0 Å². The standard InChI is InChI=1S/C3H5Cl3S/c4-1-2(5)3(6)7/h2-3,7H,1H2. The van der Waals surface area contributed by atoms with Crippen molar-refractivity contribution in [2.75, 3.05) is 5.88 Å². The number of thiol groups is 1. The molecule has 0 saturated heterocycles. The summed E-state index contributed by atoms with van der Waals surface area (Å²) in [6.07, 6.45) is 0. The Morgan fingerprint density at radius 2 is 1.86 bits per heavy atom. The van der Waals surface area contributed by atoms with Crippen LogP contribution in [-0.2, 0) is 0 Å². The summed E-state index contributed by atoms with van der Waals surface area (Å²) in [6.45, 7) is 0. The molecule has 0 aliphatic carbocycles. The largest absolute Gasteiger partial charge is 0.158 e. The average molecular weight is 179 g/mol. The lowest BCUT2D eigenvalue weighted by atomic mass is 10.5. The van der Waals surface area contributed by atoms with Crippen LogP contribution in [0.3, 0.4) is 0 Å². The van der Waals surface area contributed by atoms with Crippen molar-refractivity contribution in [3.8, 4) is 0 Å². The van der Waals surface area contributed by atoms with Crippen LogP contribution in [0.15, 0.2) is 0 Å². The van der Waals surface area contributed by atoms with Crippen LogP contribution in [0.1, 0.15) is 0 Å². The van der Waals surface area contributed by atoms with Gasteiger partial charge in [0.2, 0.25) is 0 Å². The molecule has 44 valence electrons. The Kier molecular flexibility index (Phi) is 4.85. The third-order valence-electron chi connectivity index (χ3n) is 0.446. The Morgan fingerprint density at radius 1 is 1.43 bits per heavy atom. The highest BCUT2D eigenvalue weighted by Gasteiger charge is 2.08. The second kappa shape index (κ2) is 4.13. The summed E-state index contributed by atoms with van der Waals surface area (Å²) >= 11 is 19.9. The molecule has 4 heteroatoms. The highest BCUT2D eigenvalue weighted by Crippen LogP contribution is 2.13. The SMILES string of the molecule is SC(Cl)C(Cl)CCl. The number of hydrogen-bond acceptors (Lipinski definition) is 1. The molecule has 0 nitrogen and oxygen atoms in total. The van der Waals surface area contributed by atoms with Gasteiger partial charge in [-0.25, -0.2) is 0 Å². The summed E-state index contributed by atoms with van der Waals surface area (Å²) < 4.78 is -0.334. The van der Waals surface area contributed by atoms with E-state index < -0.39 is 0 Å². The van der Waals surface area contributed by atoms with E-state index in [1.807, 2.05) is 0 Å². The zero-order valence-corrected chi connectivity index (χ0v) is 6.61. The molecule has 0 fully saturated rings. The minimum Gasteiger partial charge on any atom is -0.158 e. The molecule has 7 heavy (non-hydrogen) atoms. The molecule has 0 saturated carbocycles. The van der Waals surface area contributed by atoms with Gasteiger partial charge in [0.25, 0.3) is 0 Å². The first-order chi connectivity index (χ1) is 3.18. The maximum Gasteiger partial charge on any atom is 0.0934 e. The summed E-state index contributed by atoms with van der Waals surface area (Å²) in [7, 11) is 0. The van der Waals surface area contributed by atoms with Crippen molar-refractivity contribution in [1.29, 1.82) is 0 Å². The fourth-order valence-corrected chi connectivity index (χ4v) is 0.662. The first-order valence-corrected chi connectivity index (χ1v) is 3.63. The molecule has 0 rings (SSSR count).